The zero-order valence-corrected chi connectivity index (χ0v) is 16.3. The molecule has 138 valence electrons. The summed E-state index contributed by atoms with van der Waals surface area (Å²) in [6, 6.07) is 11.2. The lowest BCUT2D eigenvalue weighted by Crippen LogP contribution is -2.36. The second kappa shape index (κ2) is 8.42. The highest BCUT2D eigenvalue weighted by atomic mass is 79.9. The number of methoxy groups -OCH3 is 2. The number of benzene rings is 2. The third-order valence-electron chi connectivity index (χ3n) is 4.20. The molecule has 1 heterocycles. The summed E-state index contributed by atoms with van der Waals surface area (Å²) >= 11 is 3.41. The van der Waals surface area contributed by atoms with E-state index in [0.29, 0.717) is 27.2 Å². The monoisotopic (exact) mass is 420 g/mol. The maximum atomic E-state index is 12.7. The number of rotatable bonds is 5. The van der Waals surface area contributed by atoms with E-state index in [1.807, 2.05) is 24.3 Å². The Morgan fingerprint density at radius 2 is 1.81 bits per heavy atom. The van der Waals surface area contributed by atoms with E-state index in [1.165, 1.54) is 7.11 Å². The third-order valence-corrected chi connectivity index (χ3v) is 4.79. The fourth-order valence-electron chi connectivity index (χ4n) is 2.84. The molecule has 0 aromatic heterocycles. The van der Waals surface area contributed by atoms with Gasteiger partial charge in [-0.2, -0.15) is 0 Å². The van der Waals surface area contributed by atoms with Crippen molar-refractivity contribution in [3.05, 3.63) is 46.4 Å². The van der Waals surface area contributed by atoms with Crippen LogP contribution in [-0.4, -0.2) is 46.4 Å². The van der Waals surface area contributed by atoms with Crippen molar-refractivity contribution in [1.82, 2.24) is 0 Å². The van der Waals surface area contributed by atoms with Gasteiger partial charge >= 0.3 is 0 Å². The predicted octanol–water partition coefficient (Wildman–Crippen LogP) is 3.56. The van der Waals surface area contributed by atoms with E-state index >= 15 is 0 Å². The number of hydrogen-bond acceptors (Lipinski definition) is 5. The number of anilines is 2. The van der Waals surface area contributed by atoms with Crippen molar-refractivity contribution >= 4 is 33.2 Å². The Hall–Kier alpha value is -2.25. The molecule has 26 heavy (non-hydrogen) atoms. The second-order valence-electron chi connectivity index (χ2n) is 5.79. The van der Waals surface area contributed by atoms with E-state index in [0.717, 1.165) is 32.0 Å². The van der Waals surface area contributed by atoms with E-state index in [2.05, 4.69) is 26.1 Å². The zero-order chi connectivity index (χ0) is 18.5. The molecule has 0 unspecified atom stereocenters. The molecule has 0 atom stereocenters. The van der Waals surface area contributed by atoms with Crippen molar-refractivity contribution in [3.63, 3.8) is 0 Å². The predicted molar refractivity (Wildman–Crippen MR) is 105 cm³/mol. The van der Waals surface area contributed by atoms with Crippen molar-refractivity contribution < 1.29 is 19.0 Å². The maximum Gasteiger partial charge on any atom is 0.259 e. The molecule has 0 radical (unpaired) electrons. The maximum absolute atomic E-state index is 12.7. The molecule has 2 aromatic carbocycles. The number of morpholine rings is 1. The summed E-state index contributed by atoms with van der Waals surface area (Å²) in [5, 5.41) is 2.90. The minimum absolute atomic E-state index is 0.263. The summed E-state index contributed by atoms with van der Waals surface area (Å²) < 4.78 is 16.6. The average Bonchev–Trinajstić information content (AvgIpc) is 2.68. The SMILES string of the molecule is COc1cc(Br)c(OC)c(C(=O)Nc2ccc(N3CCOCC3)cc2)c1. The van der Waals surface area contributed by atoms with Crippen LogP contribution in [0.15, 0.2) is 40.9 Å². The number of carbonyl (C=O) groups excluding carboxylic acids is 1. The van der Waals surface area contributed by atoms with E-state index in [-0.39, 0.29) is 5.91 Å². The molecule has 1 amide bonds. The van der Waals surface area contributed by atoms with Gasteiger partial charge < -0.3 is 24.4 Å². The Morgan fingerprint density at radius 3 is 2.42 bits per heavy atom. The van der Waals surface area contributed by atoms with Crippen LogP contribution in [0, 0.1) is 0 Å². The summed E-state index contributed by atoms with van der Waals surface area (Å²) in [5.74, 6) is 0.777. The molecule has 0 bridgehead atoms. The fourth-order valence-corrected chi connectivity index (χ4v) is 3.44. The highest BCUT2D eigenvalue weighted by Crippen LogP contribution is 2.34. The van der Waals surface area contributed by atoms with Crippen molar-refractivity contribution in [2.24, 2.45) is 0 Å². The van der Waals surface area contributed by atoms with Gasteiger partial charge in [0.05, 0.1) is 37.5 Å². The van der Waals surface area contributed by atoms with E-state index in [9.17, 15) is 4.79 Å². The molecule has 2 aromatic rings. The molecular formula is C19H21BrN2O4. The van der Waals surface area contributed by atoms with Gasteiger partial charge in [0.15, 0.2) is 0 Å². The first-order valence-electron chi connectivity index (χ1n) is 8.28. The lowest BCUT2D eigenvalue weighted by atomic mass is 10.1. The molecular weight excluding hydrogens is 400 g/mol. The lowest BCUT2D eigenvalue weighted by molar-refractivity contribution is 0.102. The van der Waals surface area contributed by atoms with Crippen LogP contribution in [0.2, 0.25) is 0 Å². The number of halogens is 1. The second-order valence-corrected chi connectivity index (χ2v) is 6.64. The van der Waals surface area contributed by atoms with Crippen molar-refractivity contribution in [2.75, 3.05) is 50.7 Å². The van der Waals surface area contributed by atoms with Crippen LogP contribution in [0.3, 0.4) is 0 Å². The molecule has 1 fully saturated rings. The lowest BCUT2D eigenvalue weighted by Gasteiger charge is -2.28. The minimum Gasteiger partial charge on any atom is -0.497 e. The summed E-state index contributed by atoms with van der Waals surface area (Å²) in [5.41, 5.74) is 2.23. The molecule has 1 saturated heterocycles. The fraction of sp³-hybridized carbons (Fsp3) is 0.316. The largest absolute Gasteiger partial charge is 0.497 e. The summed E-state index contributed by atoms with van der Waals surface area (Å²) in [6.07, 6.45) is 0. The molecule has 7 heteroatoms. The molecule has 0 aliphatic carbocycles. The first-order chi connectivity index (χ1) is 12.6. The molecule has 0 spiro atoms. The summed E-state index contributed by atoms with van der Waals surface area (Å²) in [7, 11) is 3.08. The number of ether oxygens (including phenoxy) is 3. The number of hydrogen-bond donors (Lipinski definition) is 1. The first-order valence-corrected chi connectivity index (χ1v) is 9.07. The Kier molecular flexibility index (Phi) is 6.00. The Labute approximate surface area is 161 Å². The van der Waals surface area contributed by atoms with Gasteiger partial charge in [0, 0.05) is 24.5 Å². The smallest absolute Gasteiger partial charge is 0.259 e. The van der Waals surface area contributed by atoms with Gasteiger partial charge in [-0.3, -0.25) is 4.79 Å². The van der Waals surface area contributed by atoms with Crippen molar-refractivity contribution in [3.8, 4) is 11.5 Å². The van der Waals surface area contributed by atoms with Gasteiger partial charge in [-0.15, -0.1) is 0 Å². The van der Waals surface area contributed by atoms with Gasteiger partial charge in [0.25, 0.3) is 5.91 Å². The number of nitrogens with zero attached hydrogens (tertiary/aromatic N) is 1. The van der Waals surface area contributed by atoms with E-state index in [1.54, 1.807) is 19.2 Å². The molecule has 1 aliphatic heterocycles. The quantitative estimate of drug-likeness (QED) is 0.800. The van der Waals surface area contributed by atoms with Gasteiger partial charge in [0.2, 0.25) is 0 Å². The van der Waals surface area contributed by atoms with E-state index in [4.69, 9.17) is 14.2 Å². The van der Waals surface area contributed by atoms with E-state index < -0.39 is 0 Å². The van der Waals surface area contributed by atoms with Gasteiger partial charge in [0.1, 0.15) is 11.5 Å². The van der Waals surface area contributed by atoms with Gasteiger partial charge in [-0.05, 0) is 52.3 Å². The van der Waals surface area contributed by atoms with Crippen LogP contribution in [0.25, 0.3) is 0 Å². The summed E-state index contributed by atoms with van der Waals surface area (Å²) in [6.45, 7) is 3.23. The van der Waals surface area contributed by atoms with Crippen LogP contribution in [0.4, 0.5) is 11.4 Å². The zero-order valence-electron chi connectivity index (χ0n) is 14.8. The number of nitrogens with one attached hydrogen (secondary N) is 1. The van der Waals surface area contributed by atoms with Crippen LogP contribution in [0.1, 0.15) is 10.4 Å². The average molecular weight is 421 g/mol. The van der Waals surface area contributed by atoms with Crippen LogP contribution < -0.4 is 19.7 Å². The molecule has 1 aliphatic rings. The van der Waals surface area contributed by atoms with Crippen molar-refractivity contribution in [2.45, 2.75) is 0 Å². The Morgan fingerprint density at radius 1 is 1.12 bits per heavy atom. The van der Waals surface area contributed by atoms with Crippen LogP contribution in [0.5, 0.6) is 11.5 Å². The van der Waals surface area contributed by atoms with Crippen LogP contribution in [-0.2, 0) is 4.74 Å². The minimum atomic E-state index is -0.263. The Balaban J connectivity index is 1.76. The highest BCUT2D eigenvalue weighted by Gasteiger charge is 2.18. The van der Waals surface area contributed by atoms with Gasteiger partial charge in [-0.1, -0.05) is 0 Å². The number of amides is 1. The van der Waals surface area contributed by atoms with Crippen molar-refractivity contribution in [1.29, 1.82) is 0 Å². The highest BCUT2D eigenvalue weighted by molar-refractivity contribution is 9.10. The standard InChI is InChI=1S/C19H21BrN2O4/c1-24-15-11-16(18(25-2)17(20)12-15)19(23)21-13-3-5-14(6-4-13)22-7-9-26-10-8-22/h3-6,11-12H,7-10H2,1-2H3,(H,21,23). The van der Waals surface area contributed by atoms with Crippen LogP contribution >= 0.6 is 15.9 Å². The normalized spacial score (nSPS) is 14.0. The summed E-state index contributed by atoms with van der Waals surface area (Å²) in [4.78, 5) is 15.0. The molecule has 3 rings (SSSR count). The molecule has 6 nitrogen and oxygen atoms in total. The third kappa shape index (κ3) is 4.11. The number of carbonyl (C=O) groups is 1. The first kappa shape index (κ1) is 18.5. The van der Waals surface area contributed by atoms with Gasteiger partial charge in [-0.25, -0.2) is 0 Å². The molecule has 0 saturated carbocycles. The Bertz CT molecular complexity index is 774. The molecule has 1 N–H and O–H groups in total. The topological polar surface area (TPSA) is 60.0 Å².